The van der Waals surface area contributed by atoms with Gasteiger partial charge in [0.2, 0.25) is 11.8 Å². The maximum Gasteiger partial charge on any atom is 0.573 e. The summed E-state index contributed by atoms with van der Waals surface area (Å²) in [6.45, 7) is 3.72. The van der Waals surface area contributed by atoms with Crippen LogP contribution in [0.2, 0.25) is 0 Å². The van der Waals surface area contributed by atoms with Crippen LogP contribution in [0.3, 0.4) is 0 Å². The fraction of sp³-hybridized carbons (Fsp3) is 0.400. The van der Waals surface area contributed by atoms with E-state index in [1.54, 1.807) is 6.07 Å². The Labute approximate surface area is 190 Å². The van der Waals surface area contributed by atoms with E-state index in [0.717, 1.165) is 0 Å². The third kappa shape index (κ3) is 6.16. The summed E-state index contributed by atoms with van der Waals surface area (Å²) in [6, 6.07) is 4.39. The Balaban J connectivity index is 1.75. The van der Waals surface area contributed by atoms with Gasteiger partial charge >= 0.3 is 6.36 Å². The van der Waals surface area contributed by atoms with Gasteiger partial charge in [-0.3, -0.25) is 14.9 Å². The molecule has 0 saturated carbocycles. The average Bonchev–Trinajstić information content (AvgIpc) is 2.72. The van der Waals surface area contributed by atoms with E-state index in [2.05, 4.69) is 46.6 Å². The molecule has 1 aromatic heterocycles. The van der Waals surface area contributed by atoms with Crippen molar-refractivity contribution in [2.24, 2.45) is 5.92 Å². The number of hydrogen-bond donors (Lipinski definition) is 3. The molecule has 1 saturated heterocycles. The van der Waals surface area contributed by atoms with Gasteiger partial charge in [-0.2, -0.15) is 0 Å². The first-order valence-corrected chi connectivity index (χ1v) is 10.5. The first-order chi connectivity index (χ1) is 15.0. The molecular formula is C20H21BrF3N5O3. The number of alkyl halides is 3. The molecule has 3 atom stereocenters. The van der Waals surface area contributed by atoms with Gasteiger partial charge in [0.25, 0.3) is 0 Å². The molecule has 1 fully saturated rings. The molecule has 12 heteroatoms. The lowest BCUT2D eigenvalue weighted by molar-refractivity contribution is -0.274. The highest BCUT2D eigenvalue weighted by molar-refractivity contribution is 9.10. The van der Waals surface area contributed by atoms with Crippen LogP contribution >= 0.6 is 15.9 Å². The van der Waals surface area contributed by atoms with E-state index < -0.39 is 30.5 Å². The smallest absolute Gasteiger partial charge is 0.405 e. The molecule has 8 nitrogen and oxygen atoms in total. The van der Waals surface area contributed by atoms with Crippen molar-refractivity contribution < 1.29 is 27.5 Å². The number of ether oxygens (including phenoxy) is 1. The second kappa shape index (κ2) is 9.82. The molecule has 1 aromatic carbocycles. The number of carbonyl (C=O) groups excluding carboxylic acids is 2. The van der Waals surface area contributed by atoms with Gasteiger partial charge in [-0.15, -0.1) is 13.2 Å². The number of amides is 2. The van der Waals surface area contributed by atoms with Crippen molar-refractivity contribution in [3.05, 3.63) is 52.5 Å². The van der Waals surface area contributed by atoms with E-state index in [-0.39, 0.29) is 28.5 Å². The standard InChI is InChI=1S/C20H21BrF3N5O3/c1-10(2)16(11-4-5-14(12(21)8-11)32-20(22,23)24)29-19(31)13-9-15(30)28-18(27-13)17-25-6-3-7-26-17/h3-8,10,13,16,18,27H,9H2,1-2H3,(H,28,30)(H,29,31)/t13?,16-,18?/m1/s1. The lowest BCUT2D eigenvalue weighted by Crippen LogP contribution is -2.57. The van der Waals surface area contributed by atoms with Gasteiger partial charge in [-0.1, -0.05) is 19.9 Å². The highest BCUT2D eigenvalue weighted by Gasteiger charge is 2.35. The molecule has 0 aliphatic carbocycles. The van der Waals surface area contributed by atoms with Crippen LogP contribution < -0.4 is 20.7 Å². The minimum Gasteiger partial charge on any atom is -0.405 e. The van der Waals surface area contributed by atoms with Gasteiger partial charge in [-0.05, 0) is 45.6 Å². The third-order valence-electron chi connectivity index (χ3n) is 4.73. The Morgan fingerprint density at radius 1 is 1.28 bits per heavy atom. The van der Waals surface area contributed by atoms with Gasteiger partial charge in [0.1, 0.15) is 11.9 Å². The van der Waals surface area contributed by atoms with Crippen molar-refractivity contribution >= 4 is 27.7 Å². The van der Waals surface area contributed by atoms with Crippen molar-refractivity contribution in [1.29, 1.82) is 0 Å². The lowest BCUT2D eigenvalue weighted by Gasteiger charge is -2.32. The predicted molar refractivity (Wildman–Crippen MR) is 111 cm³/mol. The van der Waals surface area contributed by atoms with Crippen LogP contribution in [0.25, 0.3) is 0 Å². The number of nitrogens with zero attached hydrogens (tertiary/aromatic N) is 2. The fourth-order valence-electron chi connectivity index (χ4n) is 3.28. The number of carbonyl (C=O) groups is 2. The molecule has 0 bridgehead atoms. The van der Waals surface area contributed by atoms with Crippen molar-refractivity contribution in [3.63, 3.8) is 0 Å². The van der Waals surface area contributed by atoms with E-state index in [4.69, 9.17) is 0 Å². The number of halogens is 4. The Kier molecular flexibility index (Phi) is 7.34. The van der Waals surface area contributed by atoms with Crippen LogP contribution in [-0.4, -0.2) is 34.2 Å². The lowest BCUT2D eigenvalue weighted by atomic mass is 9.95. The van der Waals surface area contributed by atoms with E-state index in [9.17, 15) is 22.8 Å². The quantitative estimate of drug-likeness (QED) is 0.545. The Hall–Kier alpha value is -2.73. The number of aromatic nitrogens is 2. The van der Waals surface area contributed by atoms with Gasteiger partial charge in [0.15, 0.2) is 5.82 Å². The molecule has 1 aliphatic heterocycles. The zero-order valence-electron chi connectivity index (χ0n) is 17.1. The maximum atomic E-state index is 13.0. The molecule has 0 spiro atoms. The molecule has 32 heavy (non-hydrogen) atoms. The zero-order valence-corrected chi connectivity index (χ0v) is 18.7. The number of nitrogens with one attached hydrogen (secondary N) is 3. The Morgan fingerprint density at radius 3 is 2.56 bits per heavy atom. The molecule has 172 valence electrons. The second-order valence-electron chi connectivity index (χ2n) is 7.50. The molecule has 3 N–H and O–H groups in total. The summed E-state index contributed by atoms with van der Waals surface area (Å²) in [5.41, 5.74) is 0.581. The van der Waals surface area contributed by atoms with Gasteiger partial charge < -0.3 is 15.4 Å². The van der Waals surface area contributed by atoms with Crippen LogP contribution in [0.4, 0.5) is 13.2 Å². The summed E-state index contributed by atoms with van der Waals surface area (Å²) in [6.07, 6.45) is -2.57. The van der Waals surface area contributed by atoms with Crippen LogP contribution in [-0.2, 0) is 9.59 Å². The van der Waals surface area contributed by atoms with Crippen molar-refractivity contribution in [2.75, 3.05) is 0 Å². The maximum absolute atomic E-state index is 13.0. The van der Waals surface area contributed by atoms with Gasteiger partial charge in [0.05, 0.1) is 23.0 Å². The summed E-state index contributed by atoms with van der Waals surface area (Å²) in [4.78, 5) is 33.3. The fourth-order valence-corrected chi connectivity index (χ4v) is 3.76. The SMILES string of the molecule is CC(C)[C@@H](NC(=O)C1CC(=O)NC(c2ncccn2)N1)c1ccc(OC(F)(F)F)c(Br)c1. The van der Waals surface area contributed by atoms with E-state index >= 15 is 0 Å². The predicted octanol–water partition coefficient (Wildman–Crippen LogP) is 3.13. The van der Waals surface area contributed by atoms with Gasteiger partial charge in [0, 0.05) is 12.4 Å². The topological polar surface area (TPSA) is 105 Å². The Morgan fingerprint density at radius 2 is 1.97 bits per heavy atom. The number of rotatable bonds is 6. The zero-order chi connectivity index (χ0) is 23.5. The van der Waals surface area contributed by atoms with E-state index in [0.29, 0.717) is 11.4 Å². The van der Waals surface area contributed by atoms with Crippen LogP contribution in [0.15, 0.2) is 41.1 Å². The molecule has 3 rings (SSSR count). The molecule has 0 radical (unpaired) electrons. The normalized spacial score (nSPS) is 19.9. The first-order valence-electron chi connectivity index (χ1n) is 9.71. The largest absolute Gasteiger partial charge is 0.573 e. The summed E-state index contributed by atoms with van der Waals surface area (Å²) in [7, 11) is 0. The number of benzene rings is 1. The van der Waals surface area contributed by atoms with Crippen LogP contribution in [0, 0.1) is 5.92 Å². The highest BCUT2D eigenvalue weighted by Crippen LogP contribution is 2.34. The molecule has 1 aliphatic rings. The van der Waals surface area contributed by atoms with E-state index in [1.807, 2.05) is 13.8 Å². The summed E-state index contributed by atoms with van der Waals surface area (Å²) < 4.78 is 41.6. The first kappa shape index (κ1) is 23.9. The third-order valence-corrected chi connectivity index (χ3v) is 5.35. The minimum atomic E-state index is -4.82. The summed E-state index contributed by atoms with van der Waals surface area (Å²) in [5.74, 6) is -0.912. The average molecular weight is 516 g/mol. The monoisotopic (exact) mass is 515 g/mol. The van der Waals surface area contributed by atoms with Crippen molar-refractivity contribution in [3.8, 4) is 5.75 Å². The minimum absolute atomic E-state index is 0.0813. The second-order valence-corrected chi connectivity index (χ2v) is 8.35. The van der Waals surface area contributed by atoms with Crippen LogP contribution in [0.5, 0.6) is 5.75 Å². The Bertz CT molecular complexity index is 975. The van der Waals surface area contributed by atoms with Crippen LogP contribution in [0.1, 0.15) is 43.9 Å². The molecular weight excluding hydrogens is 495 g/mol. The van der Waals surface area contributed by atoms with E-state index in [1.165, 1.54) is 30.6 Å². The van der Waals surface area contributed by atoms with Crippen molar-refractivity contribution in [2.45, 2.75) is 44.9 Å². The molecule has 2 aromatic rings. The molecule has 2 amide bonds. The summed E-state index contributed by atoms with van der Waals surface area (Å²) in [5, 5.41) is 8.59. The summed E-state index contributed by atoms with van der Waals surface area (Å²) >= 11 is 3.08. The molecule has 2 unspecified atom stereocenters. The number of hydrogen-bond acceptors (Lipinski definition) is 6. The van der Waals surface area contributed by atoms with Crippen molar-refractivity contribution in [1.82, 2.24) is 25.9 Å². The molecule has 2 heterocycles. The van der Waals surface area contributed by atoms with Gasteiger partial charge in [-0.25, -0.2) is 9.97 Å². The highest BCUT2D eigenvalue weighted by atomic mass is 79.9.